The van der Waals surface area contributed by atoms with Gasteiger partial charge in [-0.3, -0.25) is 4.79 Å². The fourth-order valence-electron chi connectivity index (χ4n) is 2.57. The maximum absolute atomic E-state index is 12.0. The van der Waals surface area contributed by atoms with Gasteiger partial charge < -0.3 is 5.73 Å². The van der Waals surface area contributed by atoms with Crippen molar-refractivity contribution in [3.8, 4) is 23.3 Å². The summed E-state index contributed by atoms with van der Waals surface area (Å²) in [5.41, 5.74) is 8.75. The van der Waals surface area contributed by atoms with Crippen LogP contribution in [0.5, 0.6) is 0 Å². The quantitative estimate of drug-likeness (QED) is 0.830. The highest BCUT2D eigenvalue weighted by Crippen LogP contribution is 2.37. The molecule has 1 saturated carbocycles. The van der Waals surface area contributed by atoms with Gasteiger partial charge in [-0.25, -0.2) is 4.98 Å². The van der Waals surface area contributed by atoms with Crippen LogP contribution in [0.4, 0.5) is 5.82 Å². The SMILES string of the molecule is Cc1ccc(-c2c(C#N)c(N)nc(SCC(=O)C3CC3)c2C#N)cc1. The van der Waals surface area contributed by atoms with Gasteiger partial charge in [-0.2, -0.15) is 10.5 Å². The van der Waals surface area contributed by atoms with Gasteiger partial charge in [0.1, 0.15) is 34.3 Å². The molecule has 0 atom stereocenters. The molecule has 1 aliphatic rings. The number of anilines is 1. The number of aromatic nitrogens is 1. The number of nitrogens with two attached hydrogens (primary N) is 1. The molecular formula is C19H16N4OS. The van der Waals surface area contributed by atoms with Gasteiger partial charge in [0.05, 0.1) is 11.3 Å². The lowest BCUT2D eigenvalue weighted by Gasteiger charge is -2.13. The molecule has 0 aliphatic heterocycles. The van der Waals surface area contributed by atoms with Crippen molar-refractivity contribution in [1.29, 1.82) is 10.5 Å². The van der Waals surface area contributed by atoms with Gasteiger partial charge in [-0.15, -0.1) is 0 Å². The van der Waals surface area contributed by atoms with E-state index in [0.29, 0.717) is 16.2 Å². The van der Waals surface area contributed by atoms with E-state index >= 15 is 0 Å². The van der Waals surface area contributed by atoms with Crippen molar-refractivity contribution >= 4 is 23.4 Å². The molecule has 2 aromatic rings. The van der Waals surface area contributed by atoms with Gasteiger partial charge in [0, 0.05) is 11.5 Å². The Morgan fingerprint density at radius 3 is 2.44 bits per heavy atom. The largest absolute Gasteiger partial charge is 0.383 e. The van der Waals surface area contributed by atoms with E-state index in [4.69, 9.17) is 5.73 Å². The van der Waals surface area contributed by atoms with Gasteiger partial charge in [0.15, 0.2) is 0 Å². The van der Waals surface area contributed by atoms with E-state index in [9.17, 15) is 15.3 Å². The van der Waals surface area contributed by atoms with Crippen LogP contribution in [0.3, 0.4) is 0 Å². The van der Waals surface area contributed by atoms with Crippen LogP contribution in [0.1, 0.15) is 29.5 Å². The molecule has 5 nitrogen and oxygen atoms in total. The van der Waals surface area contributed by atoms with Crippen LogP contribution in [-0.4, -0.2) is 16.5 Å². The number of Topliss-reactive ketones (excluding diaryl/α,β-unsaturated/α-hetero) is 1. The Kier molecular flexibility index (Phi) is 4.74. The molecule has 1 aromatic heterocycles. The Labute approximate surface area is 150 Å². The summed E-state index contributed by atoms with van der Waals surface area (Å²) in [6.45, 7) is 1.96. The second-order valence-electron chi connectivity index (χ2n) is 6.05. The summed E-state index contributed by atoms with van der Waals surface area (Å²) < 4.78 is 0. The predicted molar refractivity (Wildman–Crippen MR) is 96.7 cm³/mol. The lowest BCUT2D eigenvalue weighted by atomic mass is 9.96. The van der Waals surface area contributed by atoms with E-state index in [2.05, 4.69) is 17.1 Å². The highest BCUT2D eigenvalue weighted by Gasteiger charge is 2.30. The van der Waals surface area contributed by atoms with E-state index in [0.717, 1.165) is 24.0 Å². The smallest absolute Gasteiger partial charge is 0.146 e. The molecule has 124 valence electrons. The average Bonchev–Trinajstić information content (AvgIpc) is 3.45. The molecule has 0 radical (unpaired) electrons. The van der Waals surface area contributed by atoms with Crippen LogP contribution in [0.25, 0.3) is 11.1 Å². The zero-order valence-electron chi connectivity index (χ0n) is 13.7. The van der Waals surface area contributed by atoms with Crippen molar-refractivity contribution in [2.45, 2.75) is 24.8 Å². The van der Waals surface area contributed by atoms with Crippen molar-refractivity contribution in [2.24, 2.45) is 5.92 Å². The highest BCUT2D eigenvalue weighted by atomic mass is 32.2. The number of ketones is 1. The number of nitrogens with zero attached hydrogens (tertiary/aromatic N) is 3. The minimum Gasteiger partial charge on any atom is -0.383 e. The average molecular weight is 348 g/mol. The van der Waals surface area contributed by atoms with Gasteiger partial charge in [0.25, 0.3) is 0 Å². The minimum absolute atomic E-state index is 0.0819. The first kappa shape index (κ1) is 17.0. The summed E-state index contributed by atoms with van der Waals surface area (Å²) in [4.78, 5) is 16.2. The zero-order valence-corrected chi connectivity index (χ0v) is 14.6. The standard InChI is InChI=1S/C19H16N4OS/c1-11-2-4-13(5-3-11)17-14(8-20)18(22)23-19(15(17)9-21)25-10-16(24)12-6-7-12/h2-5,12H,6-7,10H2,1H3,(H2,22,23). The lowest BCUT2D eigenvalue weighted by molar-refractivity contribution is -0.117. The molecule has 1 aromatic carbocycles. The van der Waals surface area contributed by atoms with Crippen molar-refractivity contribution in [1.82, 2.24) is 4.98 Å². The fraction of sp³-hybridized carbons (Fsp3) is 0.263. The van der Waals surface area contributed by atoms with Gasteiger partial charge >= 0.3 is 0 Å². The molecule has 1 fully saturated rings. The maximum Gasteiger partial charge on any atom is 0.146 e. The van der Waals surface area contributed by atoms with E-state index < -0.39 is 0 Å². The first-order valence-corrected chi connectivity index (χ1v) is 8.90. The van der Waals surface area contributed by atoms with E-state index in [-0.39, 0.29) is 28.8 Å². The van der Waals surface area contributed by atoms with Gasteiger partial charge in [-0.1, -0.05) is 41.6 Å². The first-order chi connectivity index (χ1) is 12.0. The summed E-state index contributed by atoms with van der Waals surface area (Å²) in [5.74, 6) is 0.685. The van der Waals surface area contributed by atoms with Crippen LogP contribution in [0, 0.1) is 35.5 Å². The molecule has 25 heavy (non-hydrogen) atoms. The number of hydrogen-bond acceptors (Lipinski definition) is 6. The molecule has 1 aliphatic carbocycles. The predicted octanol–water partition coefficient (Wildman–Crippen LogP) is 3.45. The number of benzene rings is 1. The monoisotopic (exact) mass is 348 g/mol. The molecule has 0 spiro atoms. The molecule has 2 N–H and O–H groups in total. The summed E-state index contributed by atoms with van der Waals surface area (Å²) in [5, 5.41) is 19.6. The summed E-state index contributed by atoms with van der Waals surface area (Å²) in [7, 11) is 0. The molecule has 0 unspecified atom stereocenters. The number of aryl methyl sites for hydroxylation is 1. The Morgan fingerprint density at radius 2 is 1.88 bits per heavy atom. The second-order valence-corrected chi connectivity index (χ2v) is 7.01. The van der Waals surface area contributed by atoms with Crippen LogP contribution < -0.4 is 5.73 Å². The van der Waals surface area contributed by atoms with E-state index in [1.54, 1.807) is 0 Å². The Balaban J connectivity index is 2.08. The third-order valence-electron chi connectivity index (χ3n) is 4.14. The number of rotatable bonds is 5. The molecule has 1 heterocycles. The number of pyridine rings is 1. The molecule has 6 heteroatoms. The third kappa shape index (κ3) is 3.50. The molecule has 0 bridgehead atoms. The summed E-state index contributed by atoms with van der Waals surface area (Å²) in [6, 6.07) is 11.7. The normalized spacial score (nSPS) is 13.1. The molecule has 0 saturated heterocycles. The Morgan fingerprint density at radius 1 is 1.24 bits per heavy atom. The Bertz CT molecular complexity index is 918. The zero-order chi connectivity index (χ0) is 18.0. The fourth-order valence-corrected chi connectivity index (χ4v) is 3.54. The molecule has 3 rings (SSSR count). The van der Waals surface area contributed by atoms with E-state index in [1.165, 1.54) is 11.8 Å². The second kappa shape index (κ2) is 6.96. The number of nitrogen functional groups attached to an aromatic ring is 1. The number of thioether (sulfide) groups is 1. The highest BCUT2D eigenvalue weighted by molar-refractivity contribution is 8.00. The van der Waals surface area contributed by atoms with Crippen LogP contribution >= 0.6 is 11.8 Å². The van der Waals surface area contributed by atoms with Crippen molar-refractivity contribution in [3.63, 3.8) is 0 Å². The van der Waals surface area contributed by atoms with Crippen molar-refractivity contribution in [2.75, 3.05) is 11.5 Å². The topological polar surface area (TPSA) is 104 Å². The maximum atomic E-state index is 12.0. The summed E-state index contributed by atoms with van der Waals surface area (Å²) >= 11 is 1.22. The molecule has 0 amide bonds. The Hall–Kier alpha value is -2.83. The number of nitriles is 2. The lowest BCUT2D eigenvalue weighted by Crippen LogP contribution is -2.07. The van der Waals surface area contributed by atoms with Crippen LogP contribution in [0.15, 0.2) is 29.3 Å². The first-order valence-electron chi connectivity index (χ1n) is 7.91. The van der Waals surface area contributed by atoms with Gasteiger partial charge in [0.2, 0.25) is 0 Å². The van der Waals surface area contributed by atoms with Crippen LogP contribution in [-0.2, 0) is 4.79 Å². The van der Waals surface area contributed by atoms with Crippen LogP contribution in [0.2, 0.25) is 0 Å². The third-order valence-corrected chi connectivity index (χ3v) is 5.14. The van der Waals surface area contributed by atoms with E-state index in [1.807, 2.05) is 31.2 Å². The minimum atomic E-state index is 0.0819. The number of hydrogen-bond donors (Lipinski definition) is 1. The summed E-state index contributed by atoms with van der Waals surface area (Å²) in [6.07, 6.45) is 1.89. The van der Waals surface area contributed by atoms with Crippen molar-refractivity contribution in [3.05, 3.63) is 41.0 Å². The molecular weight excluding hydrogens is 332 g/mol. The van der Waals surface area contributed by atoms with Gasteiger partial charge in [-0.05, 0) is 25.3 Å². The number of carbonyl (C=O) groups is 1. The van der Waals surface area contributed by atoms with Crippen molar-refractivity contribution < 1.29 is 4.79 Å². The number of carbonyl (C=O) groups excluding carboxylic acids is 1.